The first-order chi connectivity index (χ1) is 9.74. The Morgan fingerprint density at radius 2 is 1.90 bits per heavy atom. The lowest BCUT2D eigenvalue weighted by Crippen LogP contribution is -2.46. The number of piperidine rings is 1. The number of carbonyl (C=O) groups is 2. The van der Waals surface area contributed by atoms with Gasteiger partial charge < -0.3 is 15.1 Å². The van der Waals surface area contributed by atoms with E-state index in [1.807, 2.05) is 4.90 Å². The van der Waals surface area contributed by atoms with Crippen LogP contribution in [0, 0.1) is 5.92 Å². The van der Waals surface area contributed by atoms with Gasteiger partial charge in [0.15, 0.2) is 0 Å². The molecule has 0 saturated carbocycles. The molecule has 0 aliphatic carbocycles. The zero-order valence-corrected chi connectivity index (χ0v) is 13.4. The Morgan fingerprint density at radius 3 is 2.48 bits per heavy atom. The molecular weight excluding hydrogens is 290 g/mol. The van der Waals surface area contributed by atoms with Crippen molar-refractivity contribution in [1.82, 2.24) is 15.1 Å². The molecule has 3 aliphatic heterocycles. The van der Waals surface area contributed by atoms with Crippen LogP contribution in [-0.2, 0) is 9.59 Å². The fourth-order valence-corrected chi connectivity index (χ4v) is 3.80. The highest BCUT2D eigenvalue weighted by Gasteiger charge is 2.31. The van der Waals surface area contributed by atoms with Crippen molar-refractivity contribution < 1.29 is 9.59 Å². The van der Waals surface area contributed by atoms with E-state index in [1.165, 1.54) is 12.8 Å². The second-order valence-electron chi connectivity index (χ2n) is 6.34. The van der Waals surface area contributed by atoms with Crippen LogP contribution in [0.4, 0.5) is 0 Å². The molecule has 120 valence electrons. The number of hydrogen-bond acceptors (Lipinski definition) is 3. The number of nitrogens with zero attached hydrogens (tertiary/aromatic N) is 2. The van der Waals surface area contributed by atoms with Gasteiger partial charge in [-0.2, -0.15) is 0 Å². The summed E-state index contributed by atoms with van der Waals surface area (Å²) in [4.78, 5) is 27.5. The molecule has 3 rings (SSSR count). The third-order valence-corrected chi connectivity index (χ3v) is 5.06. The van der Waals surface area contributed by atoms with Gasteiger partial charge in [0, 0.05) is 32.1 Å². The summed E-state index contributed by atoms with van der Waals surface area (Å²) in [5.41, 5.74) is 0. The molecule has 3 saturated heterocycles. The summed E-state index contributed by atoms with van der Waals surface area (Å²) in [5.74, 6) is 1.01. The van der Waals surface area contributed by atoms with Crippen molar-refractivity contribution >= 4 is 24.2 Å². The van der Waals surface area contributed by atoms with Gasteiger partial charge in [-0.25, -0.2) is 0 Å². The first-order valence-electron chi connectivity index (χ1n) is 8.03. The average molecular weight is 316 g/mol. The molecule has 3 aliphatic rings. The normalized spacial score (nSPS) is 27.0. The maximum atomic E-state index is 12.2. The summed E-state index contributed by atoms with van der Waals surface area (Å²) in [7, 11) is 0. The molecule has 0 aromatic heterocycles. The topological polar surface area (TPSA) is 52.7 Å². The fourth-order valence-electron chi connectivity index (χ4n) is 3.80. The van der Waals surface area contributed by atoms with Crippen LogP contribution in [0.3, 0.4) is 0 Å². The van der Waals surface area contributed by atoms with Gasteiger partial charge >= 0.3 is 0 Å². The van der Waals surface area contributed by atoms with Crippen molar-refractivity contribution in [2.45, 2.75) is 44.6 Å². The van der Waals surface area contributed by atoms with E-state index in [4.69, 9.17) is 0 Å². The molecule has 2 amide bonds. The zero-order valence-electron chi connectivity index (χ0n) is 12.6. The largest absolute Gasteiger partial charge is 0.341 e. The quantitative estimate of drug-likeness (QED) is 0.846. The smallest absolute Gasteiger partial charge is 0.242 e. The maximum Gasteiger partial charge on any atom is 0.242 e. The minimum Gasteiger partial charge on any atom is -0.341 e. The molecule has 0 bridgehead atoms. The van der Waals surface area contributed by atoms with Crippen LogP contribution in [0.25, 0.3) is 0 Å². The van der Waals surface area contributed by atoms with Crippen LogP contribution < -0.4 is 5.32 Å². The molecule has 1 atom stereocenters. The number of likely N-dealkylation sites (tertiary alicyclic amines) is 2. The molecule has 0 radical (unpaired) electrons. The van der Waals surface area contributed by atoms with Crippen molar-refractivity contribution in [3.63, 3.8) is 0 Å². The Kier molecular flexibility index (Phi) is 5.88. The molecule has 0 aromatic carbocycles. The van der Waals surface area contributed by atoms with Crippen molar-refractivity contribution in [2.75, 3.05) is 32.7 Å². The molecule has 1 N–H and O–H groups in total. The Balaban J connectivity index is 0.00000161. The van der Waals surface area contributed by atoms with Crippen molar-refractivity contribution in [1.29, 1.82) is 0 Å². The highest BCUT2D eigenvalue weighted by atomic mass is 35.5. The van der Waals surface area contributed by atoms with Gasteiger partial charge in [0.1, 0.15) is 0 Å². The van der Waals surface area contributed by atoms with Crippen LogP contribution in [0.1, 0.15) is 38.5 Å². The second-order valence-corrected chi connectivity index (χ2v) is 6.34. The Hall–Kier alpha value is -0.810. The molecular formula is C15H26ClN3O2. The third kappa shape index (κ3) is 3.89. The minimum absolute atomic E-state index is 0. The molecule has 0 spiro atoms. The lowest BCUT2D eigenvalue weighted by Gasteiger charge is -2.35. The summed E-state index contributed by atoms with van der Waals surface area (Å²) in [6.07, 6.45) is 6.32. The number of hydrogen-bond donors (Lipinski definition) is 1. The lowest BCUT2D eigenvalue weighted by molar-refractivity contribution is -0.139. The van der Waals surface area contributed by atoms with Crippen molar-refractivity contribution in [3.8, 4) is 0 Å². The van der Waals surface area contributed by atoms with E-state index in [-0.39, 0.29) is 24.2 Å². The Morgan fingerprint density at radius 1 is 1.14 bits per heavy atom. The van der Waals surface area contributed by atoms with E-state index >= 15 is 0 Å². The zero-order chi connectivity index (χ0) is 13.9. The third-order valence-electron chi connectivity index (χ3n) is 5.06. The number of rotatable bonds is 3. The number of amides is 2. The van der Waals surface area contributed by atoms with Gasteiger partial charge in [-0.15, -0.1) is 12.4 Å². The summed E-state index contributed by atoms with van der Waals surface area (Å²) < 4.78 is 0. The first-order valence-corrected chi connectivity index (χ1v) is 8.03. The first kappa shape index (κ1) is 16.6. The highest BCUT2D eigenvalue weighted by Crippen LogP contribution is 2.25. The standard InChI is InChI=1S/C15H25N3O2.ClH/c19-14-4-2-8-18(14)11-15(20)17-9-5-12(6-10-17)13-3-1-7-16-13;/h12-13,16H,1-11H2;1H. The Bertz CT molecular complexity index is 377. The van der Waals surface area contributed by atoms with Gasteiger partial charge in [-0.05, 0) is 44.6 Å². The van der Waals surface area contributed by atoms with Crippen LogP contribution in [-0.4, -0.2) is 60.4 Å². The molecule has 5 nitrogen and oxygen atoms in total. The van der Waals surface area contributed by atoms with Crippen LogP contribution in [0.5, 0.6) is 0 Å². The van der Waals surface area contributed by atoms with Crippen LogP contribution in [0.2, 0.25) is 0 Å². The maximum absolute atomic E-state index is 12.2. The van der Waals surface area contributed by atoms with Crippen molar-refractivity contribution in [2.24, 2.45) is 5.92 Å². The summed E-state index contributed by atoms with van der Waals surface area (Å²) in [6.45, 7) is 3.94. The lowest BCUT2D eigenvalue weighted by atomic mass is 9.88. The van der Waals surface area contributed by atoms with Crippen LogP contribution >= 0.6 is 12.4 Å². The molecule has 3 fully saturated rings. The average Bonchev–Trinajstić information content (AvgIpc) is 3.12. The van der Waals surface area contributed by atoms with Crippen molar-refractivity contribution in [3.05, 3.63) is 0 Å². The summed E-state index contributed by atoms with van der Waals surface area (Å²) in [6, 6.07) is 0.674. The highest BCUT2D eigenvalue weighted by molar-refractivity contribution is 5.86. The molecule has 0 aromatic rings. The summed E-state index contributed by atoms with van der Waals surface area (Å²) >= 11 is 0. The van der Waals surface area contributed by atoms with Gasteiger partial charge in [-0.1, -0.05) is 0 Å². The molecule has 1 unspecified atom stereocenters. The monoisotopic (exact) mass is 315 g/mol. The van der Waals surface area contributed by atoms with E-state index in [0.29, 0.717) is 19.0 Å². The Labute approximate surface area is 132 Å². The minimum atomic E-state index is 0. The molecule has 21 heavy (non-hydrogen) atoms. The molecule has 3 heterocycles. The summed E-state index contributed by atoms with van der Waals surface area (Å²) in [5, 5.41) is 3.58. The van der Waals surface area contributed by atoms with E-state index in [2.05, 4.69) is 5.32 Å². The van der Waals surface area contributed by atoms with Gasteiger partial charge in [-0.3, -0.25) is 9.59 Å². The van der Waals surface area contributed by atoms with Gasteiger partial charge in [0.2, 0.25) is 11.8 Å². The van der Waals surface area contributed by atoms with E-state index in [1.54, 1.807) is 4.90 Å². The second kappa shape index (κ2) is 7.45. The van der Waals surface area contributed by atoms with E-state index in [9.17, 15) is 9.59 Å². The number of nitrogens with one attached hydrogen (secondary N) is 1. The van der Waals surface area contributed by atoms with Gasteiger partial charge in [0.25, 0.3) is 0 Å². The van der Waals surface area contributed by atoms with Gasteiger partial charge in [0.05, 0.1) is 6.54 Å². The number of halogens is 1. The predicted molar refractivity (Wildman–Crippen MR) is 83.4 cm³/mol. The molecule has 6 heteroatoms. The van der Waals surface area contributed by atoms with E-state index < -0.39 is 0 Å². The fraction of sp³-hybridized carbons (Fsp3) is 0.867. The van der Waals surface area contributed by atoms with E-state index in [0.717, 1.165) is 51.4 Å². The predicted octanol–water partition coefficient (Wildman–Crippen LogP) is 1.02. The number of carbonyl (C=O) groups excluding carboxylic acids is 2. The SMILES string of the molecule is Cl.O=C(CN1CCCC1=O)N1CCC(C2CCCN2)CC1. The van der Waals surface area contributed by atoms with Crippen LogP contribution in [0.15, 0.2) is 0 Å².